The van der Waals surface area contributed by atoms with Crippen molar-refractivity contribution in [2.75, 3.05) is 7.11 Å². The predicted octanol–water partition coefficient (Wildman–Crippen LogP) is 1.60. The molecular weight excluding hydrogens is 272 g/mol. The monoisotopic (exact) mass is 288 g/mol. The zero-order valence-electron chi connectivity index (χ0n) is 11.8. The maximum Gasteiger partial charge on any atom is 0.273 e. The van der Waals surface area contributed by atoms with Gasteiger partial charge in [-0.3, -0.25) is 20.4 Å². The number of aryl methyl sites for hydroxylation is 1. The number of nitrogens with one attached hydrogen (secondary N) is 2. The first-order chi connectivity index (χ1) is 10.1. The lowest BCUT2D eigenvalue weighted by molar-refractivity contribution is -0.121. The highest BCUT2D eigenvalue weighted by Crippen LogP contribution is 2.11. The fourth-order valence-corrected chi connectivity index (χ4v) is 1.79. The van der Waals surface area contributed by atoms with E-state index < -0.39 is 5.91 Å². The molecule has 0 fully saturated rings. The van der Waals surface area contributed by atoms with Crippen molar-refractivity contribution in [1.82, 2.24) is 10.9 Å². The van der Waals surface area contributed by atoms with Crippen LogP contribution in [-0.2, 0) is 11.2 Å². The Hall–Kier alpha value is -2.76. The zero-order chi connectivity index (χ0) is 15.2. The zero-order valence-corrected chi connectivity index (χ0v) is 11.8. The van der Waals surface area contributed by atoms with Crippen LogP contribution in [0.25, 0.3) is 0 Å². The lowest BCUT2D eigenvalue weighted by atomic mass is 10.1. The lowest BCUT2D eigenvalue weighted by Gasteiger charge is -2.07. The van der Waals surface area contributed by atoms with Gasteiger partial charge in [0.15, 0.2) is 0 Å². The van der Waals surface area contributed by atoms with E-state index in [9.17, 15) is 9.59 Å². The highest BCUT2D eigenvalue weighted by molar-refractivity contribution is 5.96. The van der Waals surface area contributed by atoms with E-state index in [4.69, 9.17) is 9.15 Å². The Morgan fingerprint density at radius 1 is 1.14 bits per heavy atom. The number of methoxy groups -OCH3 is 1. The summed E-state index contributed by atoms with van der Waals surface area (Å²) in [6.07, 6.45) is 1.58. The van der Waals surface area contributed by atoms with Gasteiger partial charge in [-0.2, -0.15) is 0 Å². The molecule has 2 rings (SSSR count). The second kappa shape index (κ2) is 6.60. The first kappa shape index (κ1) is 14.6. The second-order valence-corrected chi connectivity index (χ2v) is 4.42. The van der Waals surface area contributed by atoms with E-state index in [2.05, 4.69) is 10.9 Å². The molecule has 0 atom stereocenters. The van der Waals surface area contributed by atoms with E-state index in [0.717, 1.165) is 11.3 Å². The van der Waals surface area contributed by atoms with Gasteiger partial charge < -0.3 is 9.15 Å². The Labute approximate surface area is 122 Å². The minimum atomic E-state index is -0.413. The van der Waals surface area contributed by atoms with Crippen LogP contribution in [0.2, 0.25) is 0 Å². The molecule has 0 saturated carbocycles. The molecule has 0 saturated heterocycles. The summed E-state index contributed by atoms with van der Waals surface area (Å²) >= 11 is 0. The van der Waals surface area contributed by atoms with Crippen molar-refractivity contribution in [3.8, 4) is 5.75 Å². The number of carbonyl (C=O) groups excluding carboxylic acids is 2. The van der Waals surface area contributed by atoms with E-state index >= 15 is 0 Å². The largest absolute Gasteiger partial charge is 0.497 e. The minimum absolute atomic E-state index is 0.161. The van der Waals surface area contributed by atoms with Crippen molar-refractivity contribution in [1.29, 1.82) is 0 Å². The first-order valence-electron chi connectivity index (χ1n) is 6.36. The van der Waals surface area contributed by atoms with Gasteiger partial charge in [0.1, 0.15) is 11.5 Å². The van der Waals surface area contributed by atoms with Crippen molar-refractivity contribution < 1.29 is 18.7 Å². The molecule has 0 radical (unpaired) electrons. The van der Waals surface area contributed by atoms with Crippen LogP contribution in [0.4, 0.5) is 0 Å². The van der Waals surface area contributed by atoms with Crippen molar-refractivity contribution in [3.05, 3.63) is 53.5 Å². The fraction of sp³-hybridized carbons (Fsp3) is 0.200. The van der Waals surface area contributed by atoms with Crippen molar-refractivity contribution in [3.63, 3.8) is 0 Å². The van der Waals surface area contributed by atoms with E-state index in [1.165, 1.54) is 6.26 Å². The van der Waals surface area contributed by atoms with Crippen LogP contribution in [0.5, 0.6) is 5.75 Å². The number of benzene rings is 1. The average molecular weight is 288 g/mol. The third-order valence-electron chi connectivity index (χ3n) is 2.94. The van der Waals surface area contributed by atoms with Gasteiger partial charge in [0.05, 0.1) is 25.4 Å². The predicted molar refractivity (Wildman–Crippen MR) is 75.8 cm³/mol. The van der Waals surface area contributed by atoms with E-state index in [0.29, 0.717) is 11.3 Å². The van der Waals surface area contributed by atoms with E-state index in [1.54, 1.807) is 44.4 Å². The second-order valence-electron chi connectivity index (χ2n) is 4.42. The molecule has 2 amide bonds. The topological polar surface area (TPSA) is 80.6 Å². The van der Waals surface area contributed by atoms with Crippen LogP contribution in [-0.4, -0.2) is 18.9 Å². The molecule has 0 aliphatic rings. The number of rotatable bonds is 4. The molecule has 0 aliphatic carbocycles. The summed E-state index contributed by atoms with van der Waals surface area (Å²) in [7, 11) is 1.58. The smallest absolute Gasteiger partial charge is 0.273 e. The van der Waals surface area contributed by atoms with Gasteiger partial charge in [-0.25, -0.2) is 0 Å². The van der Waals surface area contributed by atoms with Crippen LogP contribution in [0, 0.1) is 6.92 Å². The molecule has 6 nitrogen and oxygen atoms in total. The minimum Gasteiger partial charge on any atom is -0.497 e. The summed E-state index contributed by atoms with van der Waals surface area (Å²) < 4.78 is 10.1. The number of ether oxygens (including phenoxy) is 1. The maximum absolute atomic E-state index is 11.8. The number of carbonyl (C=O) groups is 2. The molecule has 0 aliphatic heterocycles. The summed E-state index contributed by atoms with van der Waals surface area (Å²) in [4.78, 5) is 23.5. The summed E-state index contributed by atoms with van der Waals surface area (Å²) in [6.45, 7) is 1.67. The molecule has 110 valence electrons. The van der Waals surface area contributed by atoms with Crippen LogP contribution < -0.4 is 15.6 Å². The molecule has 0 unspecified atom stereocenters. The highest BCUT2D eigenvalue weighted by atomic mass is 16.5. The summed E-state index contributed by atoms with van der Waals surface area (Å²) in [5.41, 5.74) is 5.92. The Kier molecular flexibility index (Phi) is 4.61. The molecule has 0 spiro atoms. The summed E-state index contributed by atoms with van der Waals surface area (Å²) in [5.74, 6) is 0.499. The maximum atomic E-state index is 11.8. The molecule has 2 aromatic rings. The Bertz CT molecular complexity index is 631. The summed E-state index contributed by atoms with van der Waals surface area (Å²) in [6, 6.07) is 8.67. The third kappa shape index (κ3) is 3.85. The van der Waals surface area contributed by atoms with E-state index in [1.807, 2.05) is 0 Å². The number of hydrogen-bond acceptors (Lipinski definition) is 4. The molecule has 0 bridgehead atoms. The Balaban J connectivity index is 1.84. The standard InChI is InChI=1S/C15H16N2O4/c1-10-13(7-8-21-10)15(19)17-16-14(18)9-11-3-5-12(20-2)6-4-11/h3-8H,9H2,1-2H3,(H,16,18)(H,17,19). The van der Waals surface area contributed by atoms with Crippen LogP contribution in [0.3, 0.4) is 0 Å². The third-order valence-corrected chi connectivity index (χ3v) is 2.94. The number of hydrazine groups is 1. The van der Waals surface area contributed by atoms with Gasteiger partial charge in [0.25, 0.3) is 5.91 Å². The van der Waals surface area contributed by atoms with Gasteiger partial charge in [0, 0.05) is 0 Å². The molecule has 1 aromatic heterocycles. The molecule has 1 aromatic carbocycles. The average Bonchev–Trinajstić information content (AvgIpc) is 2.92. The van der Waals surface area contributed by atoms with Crippen molar-refractivity contribution in [2.45, 2.75) is 13.3 Å². The van der Waals surface area contributed by atoms with Crippen LogP contribution >= 0.6 is 0 Å². The van der Waals surface area contributed by atoms with Crippen LogP contribution in [0.15, 0.2) is 41.0 Å². The SMILES string of the molecule is COc1ccc(CC(=O)NNC(=O)c2ccoc2C)cc1. The molecule has 21 heavy (non-hydrogen) atoms. The molecule has 2 N–H and O–H groups in total. The van der Waals surface area contributed by atoms with Crippen molar-refractivity contribution >= 4 is 11.8 Å². The lowest BCUT2D eigenvalue weighted by Crippen LogP contribution is -2.42. The first-order valence-corrected chi connectivity index (χ1v) is 6.36. The van der Waals surface area contributed by atoms with Gasteiger partial charge in [-0.15, -0.1) is 0 Å². The van der Waals surface area contributed by atoms with Gasteiger partial charge in [-0.1, -0.05) is 12.1 Å². The normalized spacial score (nSPS) is 10.0. The summed E-state index contributed by atoms with van der Waals surface area (Å²) in [5, 5.41) is 0. The Morgan fingerprint density at radius 3 is 2.43 bits per heavy atom. The van der Waals surface area contributed by atoms with Gasteiger partial charge in [-0.05, 0) is 30.7 Å². The molecule has 1 heterocycles. The fourth-order valence-electron chi connectivity index (χ4n) is 1.79. The highest BCUT2D eigenvalue weighted by Gasteiger charge is 2.12. The van der Waals surface area contributed by atoms with Crippen LogP contribution in [0.1, 0.15) is 21.7 Å². The number of amides is 2. The van der Waals surface area contributed by atoms with Gasteiger partial charge in [0.2, 0.25) is 5.91 Å². The van der Waals surface area contributed by atoms with E-state index in [-0.39, 0.29) is 12.3 Å². The van der Waals surface area contributed by atoms with Crippen molar-refractivity contribution in [2.24, 2.45) is 0 Å². The molecule has 6 heteroatoms. The quantitative estimate of drug-likeness (QED) is 0.837. The molecular formula is C15H16N2O4. The number of hydrogen-bond donors (Lipinski definition) is 2. The Morgan fingerprint density at radius 2 is 1.86 bits per heavy atom. The number of furan rings is 1. The van der Waals surface area contributed by atoms with Gasteiger partial charge >= 0.3 is 0 Å².